The second-order valence-corrected chi connectivity index (χ2v) is 6.58. The minimum atomic E-state index is -4.50. The van der Waals surface area contributed by atoms with Crippen LogP contribution in [0, 0.1) is 18.3 Å². The molecule has 0 saturated carbocycles. The molecule has 4 nitrogen and oxygen atoms in total. The highest BCUT2D eigenvalue weighted by Gasteiger charge is 2.30. The lowest BCUT2D eigenvalue weighted by molar-refractivity contribution is -0.137. The molecule has 0 fully saturated rings. The van der Waals surface area contributed by atoms with E-state index in [2.05, 4.69) is 10.1 Å². The van der Waals surface area contributed by atoms with E-state index in [0.29, 0.717) is 28.2 Å². The topological polar surface area (TPSA) is 54.5 Å². The number of hydrogen-bond donors (Lipinski definition) is 0. The Balaban J connectivity index is 2.03. The Kier molecular flexibility index (Phi) is 5.45. The number of aryl methyl sites for hydroxylation is 1. The lowest BCUT2D eigenvalue weighted by Gasteiger charge is -2.06. The van der Waals surface area contributed by atoms with Gasteiger partial charge in [0.25, 0.3) is 0 Å². The maximum absolute atomic E-state index is 12.7. The number of allylic oxidation sites excluding steroid dienone is 1. The molecule has 0 aliphatic heterocycles. The molecule has 0 aliphatic carbocycles. The molecule has 0 spiro atoms. The van der Waals surface area contributed by atoms with Crippen molar-refractivity contribution < 1.29 is 13.2 Å². The summed E-state index contributed by atoms with van der Waals surface area (Å²) in [4.78, 5) is 3.75. The lowest BCUT2D eigenvalue weighted by atomic mass is 10.1. The van der Waals surface area contributed by atoms with Gasteiger partial charge < -0.3 is 0 Å². The zero-order valence-electron chi connectivity index (χ0n) is 14.3. The first-order valence-corrected chi connectivity index (χ1v) is 8.63. The number of nitriles is 1. The van der Waals surface area contributed by atoms with Crippen LogP contribution in [0.3, 0.4) is 0 Å². The second kappa shape index (κ2) is 7.66. The van der Waals surface area contributed by atoms with E-state index < -0.39 is 11.7 Å². The minimum Gasteiger partial charge on any atom is -0.255 e. The summed E-state index contributed by atoms with van der Waals surface area (Å²) in [6, 6.07) is 10.8. The molecule has 0 unspecified atom stereocenters. The van der Waals surface area contributed by atoms with Crippen molar-refractivity contribution in [3.63, 3.8) is 0 Å². The highest BCUT2D eigenvalue weighted by molar-refractivity contribution is 6.32. The standard InChI is InChI=1S/C19H11Cl2F3N4/c1-11-16(18(21)28(27-11)15-4-2-3-14(20)8-15)7-12(9-25)17-6-5-13(10-26-17)19(22,23)24/h2-8,10H,1H3/b12-7+. The number of alkyl halides is 3. The summed E-state index contributed by atoms with van der Waals surface area (Å²) in [5.41, 5.74) is 0.887. The fourth-order valence-corrected chi connectivity index (χ4v) is 2.99. The van der Waals surface area contributed by atoms with Crippen molar-refractivity contribution >= 4 is 34.9 Å². The molecule has 3 rings (SSSR count). The Morgan fingerprint density at radius 1 is 1.21 bits per heavy atom. The number of hydrogen-bond acceptors (Lipinski definition) is 3. The van der Waals surface area contributed by atoms with Gasteiger partial charge in [0.1, 0.15) is 11.2 Å². The van der Waals surface area contributed by atoms with E-state index in [-0.39, 0.29) is 16.4 Å². The maximum Gasteiger partial charge on any atom is 0.417 e. The van der Waals surface area contributed by atoms with Crippen LogP contribution in [0.25, 0.3) is 17.3 Å². The SMILES string of the molecule is Cc1nn(-c2cccc(Cl)c2)c(Cl)c1/C=C(\C#N)c1ccc(C(F)(F)F)cn1. The highest BCUT2D eigenvalue weighted by Crippen LogP contribution is 2.31. The Morgan fingerprint density at radius 3 is 2.54 bits per heavy atom. The number of aromatic nitrogens is 3. The molecule has 28 heavy (non-hydrogen) atoms. The highest BCUT2D eigenvalue weighted by atomic mass is 35.5. The summed E-state index contributed by atoms with van der Waals surface area (Å²) in [6.45, 7) is 1.70. The predicted octanol–water partition coefficient (Wildman–Crippen LogP) is 5.97. The van der Waals surface area contributed by atoms with Crippen LogP contribution < -0.4 is 0 Å². The van der Waals surface area contributed by atoms with Crippen LogP contribution >= 0.6 is 23.2 Å². The van der Waals surface area contributed by atoms with E-state index in [4.69, 9.17) is 23.2 Å². The first kappa shape index (κ1) is 19.9. The average Bonchev–Trinajstić information content (AvgIpc) is 2.93. The molecule has 2 heterocycles. The van der Waals surface area contributed by atoms with E-state index in [9.17, 15) is 18.4 Å². The van der Waals surface area contributed by atoms with E-state index >= 15 is 0 Å². The van der Waals surface area contributed by atoms with E-state index in [1.165, 1.54) is 10.8 Å². The lowest BCUT2D eigenvalue weighted by Crippen LogP contribution is -2.05. The van der Waals surface area contributed by atoms with E-state index in [0.717, 1.165) is 12.1 Å². The summed E-state index contributed by atoms with van der Waals surface area (Å²) in [7, 11) is 0. The van der Waals surface area contributed by atoms with Gasteiger partial charge in [-0.05, 0) is 43.3 Å². The molecule has 0 radical (unpaired) electrons. The molecule has 0 amide bonds. The van der Waals surface area contributed by atoms with Crippen LogP contribution in [0.15, 0.2) is 42.6 Å². The van der Waals surface area contributed by atoms with Gasteiger partial charge in [-0.1, -0.05) is 29.3 Å². The summed E-state index contributed by atoms with van der Waals surface area (Å²) < 4.78 is 39.5. The molecular weight excluding hydrogens is 412 g/mol. The van der Waals surface area contributed by atoms with Crippen molar-refractivity contribution in [1.82, 2.24) is 14.8 Å². The van der Waals surface area contributed by atoms with Gasteiger partial charge in [0.15, 0.2) is 0 Å². The fourth-order valence-electron chi connectivity index (χ4n) is 2.48. The Hall–Kier alpha value is -2.82. The molecule has 2 aromatic heterocycles. The van der Waals surface area contributed by atoms with Gasteiger partial charge in [0.05, 0.1) is 28.2 Å². The van der Waals surface area contributed by atoms with Crippen LogP contribution in [0.4, 0.5) is 13.2 Å². The zero-order chi connectivity index (χ0) is 20.5. The maximum atomic E-state index is 12.7. The normalized spacial score (nSPS) is 12.1. The van der Waals surface area contributed by atoms with E-state index in [1.54, 1.807) is 31.2 Å². The zero-order valence-corrected chi connectivity index (χ0v) is 15.8. The summed E-state index contributed by atoms with van der Waals surface area (Å²) >= 11 is 12.4. The number of pyridine rings is 1. The Morgan fingerprint density at radius 2 is 1.96 bits per heavy atom. The molecular formula is C19H11Cl2F3N4. The van der Waals surface area contributed by atoms with Crippen molar-refractivity contribution in [2.24, 2.45) is 0 Å². The number of halogens is 5. The quantitative estimate of drug-likeness (QED) is 0.488. The van der Waals surface area contributed by atoms with Gasteiger partial charge in [0, 0.05) is 16.8 Å². The van der Waals surface area contributed by atoms with Crippen LogP contribution in [-0.4, -0.2) is 14.8 Å². The van der Waals surface area contributed by atoms with Gasteiger partial charge in [-0.25, -0.2) is 4.68 Å². The van der Waals surface area contributed by atoms with Crippen molar-refractivity contribution in [2.45, 2.75) is 13.1 Å². The molecule has 0 saturated heterocycles. The fraction of sp³-hybridized carbons (Fsp3) is 0.105. The number of nitrogens with zero attached hydrogens (tertiary/aromatic N) is 4. The van der Waals surface area contributed by atoms with Crippen LogP contribution in [0.1, 0.15) is 22.5 Å². The van der Waals surface area contributed by atoms with Gasteiger partial charge in [-0.2, -0.15) is 23.5 Å². The predicted molar refractivity (Wildman–Crippen MR) is 101 cm³/mol. The third-order valence-corrected chi connectivity index (χ3v) is 4.48. The molecule has 0 bridgehead atoms. The van der Waals surface area contributed by atoms with Crippen LogP contribution in [-0.2, 0) is 6.18 Å². The first-order valence-electron chi connectivity index (χ1n) is 7.87. The number of benzene rings is 1. The molecule has 142 valence electrons. The smallest absolute Gasteiger partial charge is 0.255 e. The van der Waals surface area contributed by atoms with Crippen molar-refractivity contribution in [3.05, 3.63) is 75.3 Å². The molecule has 9 heteroatoms. The summed E-state index contributed by atoms with van der Waals surface area (Å²) in [5, 5.41) is 14.5. The van der Waals surface area contributed by atoms with E-state index in [1.807, 2.05) is 6.07 Å². The first-order chi connectivity index (χ1) is 13.2. The van der Waals surface area contributed by atoms with Crippen LogP contribution in [0.5, 0.6) is 0 Å². The van der Waals surface area contributed by atoms with Crippen LogP contribution in [0.2, 0.25) is 10.2 Å². The molecule has 1 aromatic carbocycles. The third-order valence-electron chi connectivity index (χ3n) is 3.88. The van der Waals surface area contributed by atoms with Gasteiger partial charge in [-0.3, -0.25) is 4.98 Å². The van der Waals surface area contributed by atoms with Gasteiger partial charge in [-0.15, -0.1) is 0 Å². The summed E-state index contributed by atoms with van der Waals surface area (Å²) in [6.07, 6.45) is -2.37. The number of rotatable bonds is 3. The Bertz CT molecular complexity index is 1090. The van der Waals surface area contributed by atoms with Crippen molar-refractivity contribution in [1.29, 1.82) is 5.26 Å². The molecule has 0 aliphatic rings. The summed E-state index contributed by atoms with van der Waals surface area (Å²) in [5.74, 6) is 0. The molecule has 0 atom stereocenters. The van der Waals surface area contributed by atoms with Gasteiger partial charge >= 0.3 is 6.18 Å². The molecule has 0 N–H and O–H groups in total. The second-order valence-electron chi connectivity index (χ2n) is 5.78. The van der Waals surface area contributed by atoms with Crippen molar-refractivity contribution in [3.8, 4) is 11.8 Å². The average molecular weight is 423 g/mol. The monoisotopic (exact) mass is 422 g/mol. The minimum absolute atomic E-state index is 0.0596. The third kappa shape index (κ3) is 4.03. The van der Waals surface area contributed by atoms with Gasteiger partial charge in [0.2, 0.25) is 0 Å². The molecule has 3 aromatic rings. The largest absolute Gasteiger partial charge is 0.417 e. The Labute approximate surface area is 168 Å². The van der Waals surface area contributed by atoms with Crippen molar-refractivity contribution in [2.75, 3.05) is 0 Å².